The van der Waals surface area contributed by atoms with Gasteiger partial charge in [0.2, 0.25) is 5.91 Å². The van der Waals surface area contributed by atoms with Crippen molar-refractivity contribution in [3.8, 4) is 0 Å². The zero-order valence-corrected chi connectivity index (χ0v) is 17.4. The Hall–Kier alpha value is -2.66. The molecule has 1 N–H and O–H groups in total. The fourth-order valence-corrected chi connectivity index (χ4v) is 4.35. The van der Waals surface area contributed by atoms with Crippen LogP contribution in [0.2, 0.25) is 0 Å². The molecule has 1 fully saturated rings. The predicted octanol–water partition coefficient (Wildman–Crippen LogP) is 3.45. The highest BCUT2D eigenvalue weighted by atomic mass is 16.1. The Balaban J connectivity index is 1.24. The second kappa shape index (κ2) is 8.78. The van der Waals surface area contributed by atoms with Crippen LogP contribution in [0.4, 0.5) is 0 Å². The van der Waals surface area contributed by atoms with Crippen LogP contribution in [0, 0.1) is 12.8 Å². The van der Waals surface area contributed by atoms with Gasteiger partial charge in [0.25, 0.3) is 0 Å². The van der Waals surface area contributed by atoms with E-state index in [0.717, 1.165) is 44.5 Å². The Morgan fingerprint density at radius 2 is 2.03 bits per heavy atom. The first-order valence-corrected chi connectivity index (χ1v) is 10.5. The molecule has 1 aliphatic rings. The average molecular weight is 391 g/mol. The summed E-state index contributed by atoms with van der Waals surface area (Å²) in [4.78, 5) is 19.5. The second-order valence-electron chi connectivity index (χ2n) is 8.21. The Labute approximate surface area is 172 Å². The molecule has 152 valence electrons. The molecule has 29 heavy (non-hydrogen) atoms. The third-order valence-corrected chi connectivity index (χ3v) is 6.02. The lowest BCUT2D eigenvalue weighted by molar-refractivity contribution is -0.126. The minimum atomic E-state index is 0.137. The largest absolute Gasteiger partial charge is 0.352 e. The average Bonchev–Trinajstić information content (AvgIpc) is 3.07. The molecule has 0 saturated carbocycles. The van der Waals surface area contributed by atoms with Gasteiger partial charge in [-0.05, 0) is 62.5 Å². The number of aromatic nitrogens is 2. The van der Waals surface area contributed by atoms with Crippen LogP contribution >= 0.6 is 0 Å². The first kappa shape index (κ1) is 19.6. The van der Waals surface area contributed by atoms with Gasteiger partial charge in [0.15, 0.2) is 0 Å². The van der Waals surface area contributed by atoms with Gasteiger partial charge in [0, 0.05) is 43.8 Å². The van der Waals surface area contributed by atoms with Gasteiger partial charge >= 0.3 is 0 Å². The van der Waals surface area contributed by atoms with E-state index in [2.05, 4.69) is 64.2 Å². The molecule has 2 aromatic heterocycles. The van der Waals surface area contributed by atoms with E-state index >= 15 is 0 Å². The van der Waals surface area contributed by atoms with Crippen LogP contribution in [0.3, 0.4) is 0 Å². The van der Waals surface area contributed by atoms with E-state index in [9.17, 15) is 4.79 Å². The summed E-state index contributed by atoms with van der Waals surface area (Å²) < 4.78 is 2.11. The molecular weight excluding hydrogens is 360 g/mol. The molecule has 0 spiro atoms. The molecule has 1 saturated heterocycles. The van der Waals surface area contributed by atoms with Gasteiger partial charge < -0.3 is 14.8 Å². The maximum absolute atomic E-state index is 12.6. The van der Waals surface area contributed by atoms with E-state index in [4.69, 9.17) is 0 Å². The standard InChI is InChI=1S/C24H30N4O/c1-18-5-3-6-19(15-18)16-26-24(29)20-8-12-28(13-9-20)14-10-21-17-27(2)23-22(21)7-4-11-25-23/h3-7,11,15,17,20H,8-10,12-14,16H2,1-2H3,(H,26,29). The second-order valence-corrected chi connectivity index (χ2v) is 8.21. The summed E-state index contributed by atoms with van der Waals surface area (Å²) in [5.41, 5.74) is 4.80. The number of amides is 1. The third kappa shape index (κ3) is 4.67. The van der Waals surface area contributed by atoms with E-state index in [-0.39, 0.29) is 11.8 Å². The van der Waals surface area contributed by atoms with Crippen molar-refractivity contribution >= 4 is 16.9 Å². The van der Waals surface area contributed by atoms with Crippen LogP contribution in [-0.2, 0) is 24.8 Å². The highest BCUT2D eigenvalue weighted by Gasteiger charge is 2.24. The maximum Gasteiger partial charge on any atom is 0.223 e. The minimum absolute atomic E-state index is 0.137. The van der Waals surface area contributed by atoms with Gasteiger partial charge in [-0.1, -0.05) is 29.8 Å². The number of nitrogens with zero attached hydrogens (tertiary/aromatic N) is 3. The van der Waals surface area contributed by atoms with Gasteiger partial charge in [-0.15, -0.1) is 0 Å². The Kier molecular flexibility index (Phi) is 5.95. The monoisotopic (exact) mass is 390 g/mol. The van der Waals surface area contributed by atoms with Gasteiger partial charge in [0.05, 0.1) is 0 Å². The fraction of sp³-hybridized carbons (Fsp3) is 0.417. The van der Waals surface area contributed by atoms with Crippen molar-refractivity contribution in [2.75, 3.05) is 19.6 Å². The van der Waals surface area contributed by atoms with Crippen LogP contribution in [0.15, 0.2) is 48.8 Å². The highest BCUT2D eigenvalue weighted by molar-refractivity contribution is 5.80. The Bertz CT molecular complexity index is 985. The van der Waals surface area contributed by atoms with Crippen LogP contribution in [-0.4, -0.2) is 40.0 Å². The van der Waals surface area contributed by atoms with E-state index in [1.165, 1.54) is 22.1 Å². The van der Waals surface area contributed by atoms with Gasteiger partial charge in [0.1, 0.15) is 5.65 Å². The van der Waals surface area contributed by atoms with Crippen LogP contribution in [0.25, 0.3) is 11.0 Å². The van der Waals surface area contributed by atoms with Crippen molar-refractivity contribution in [1.29, 1.82) is 0 Å². The topological polar surface area (TPSA) is 50.2 Å². The molecule has 0 unspecified atom stereocenters. The van der Waals surface area contributed by atoms with Crippen molar-refractivity contribution in [2.24, 2.45) is 13.0 Å². The number of pyridine rings is 1. The number of carbonyl (C=O) groups is 1. The number of fused-ring (bicyclic) bond motifs is 1. The summed E-state index contributed by atoms with van der Waals surface area (Å²) in [6, 6.07) is 12.5. The lowest BCUT2D eigenvalue weighted by atomic mass is 9.95. The molecule has 1 aromatic carbocycles. The van der Waals surface area contributed by atoms with E-state index in [0.29, 0.717) is 6.54 Å². The normalized spacial score (nSPS) is 15.7. The highest BCUT2D eigenvalue weighted by Crippen LogP contribution is 2.21. The molecule has 0 aliphatic carbocycles. The van der Waals surface area contributed by atoms with Crippen LogP contribution in [0.1, 0.15) is 29.5 Å². The molecule has 3 aromatic rings. The summed E-state index contributed by atoms with van der Waals surface area (Å²) in [5, 5.41) is 4.37. The number of hydrogen-bond donors (Lipinski definition) is 1. The lowest BCUT2D eigenvalue weighted by Gasteiger charge is -2.31. The molecule has 0 bridgehead atoms. The number of carbonyl (C=O) groups excluding carboxylic acids is 1. The van der Waals surface area contributed by atoms with Gasteiger partial charge in [-0.25, -0.2) is 4.98 Å². The fourth-order valence-electron chi connectivity index (χ4n) is 4.35. The summed E-state index contributed by atoms with van der Waals surface area (Å²) in [6.45, 7) is 5.72. The van der Waals surface area contributed by atoms with Gasteiger partial charge in [-0.3, -0.25) is 4.79 Å². The minimum Gasteiger partial charge on any atom is -0.352 e. The molecular formula is C24H30N4O. The van der Waals surface area contributed by atoms with E-state index < -0.39 is 0 Å². The van der Waals surface area contributed by atoms with E-state index in [1.807, 2.05) is 18.3 Å². The first-order valence-electron chi connectivity index (χ1n) is 10.5. The van der Waals surface area contributed by atoms with Crippen LogP contribution < -0.4 is 5.32 Å². The maximum atomic E-state index is 12.6. The predicted molar refractivity (Wildman–Crippen MR) is 117 cm³/mol. The Morgan fingerprint density at radius 3 is 2.83 bits per heavy atom. The molecule has 3 heterocycles. The zero-order valence-electron chi connectivity index (χ0n) is 17.4. The molecule has 1 amide bonds. The van der Waals surface area contributed by atoms with Crippen molar-refractivity contribution < 1.29 is 4.79 Å². The van der Waals surface area contributed by atoms with Crippen LogP contribution in [0.5, 0.6) is 0 Å². The number of nitrogens with one attached hydrogen (secondary N) is 1. The number of piperidine rings is 1. The summed E-state index contributed by atoms with van der Waals surface area (Å²) in [5.74, 6) is 0.337. The number of likely N-dealkylation sites (tertiary alicyclic amines) is 1. The van der Waals surface area contributed by atoms with Crippen molar-refractivity contribution in [3.63, 3.8) is 0 Å². The van der Waals surface area contributed by atoms with Crippen molar-refractivity contribution in [3.05, 3.63) is 65.5 Å². The molecule has 4 rings (SSSR count). The smallest absolute Gasteiger partial charge is 0.223 e. The summed E-state index contributed by atoms with van der Waals surface area (Å²) in [7, 11) is 2.06. The molecule has 5 heteroatoms. The zero-order chi connectivity index (χ0) is 20.2. The number of benzene rings is 1. The number of hydrogen-bond acceptors (Lipinski definition) is 3. The Morgan fingerprint density at radius 1 is 1.21 bits per heavy atom. The molecule has 0 atom stereocenters. The molecule has 5 nitrogen and oxygen atoms in total. The number of rotatable bonds is 6. The van der Waals surface area contributed by atoms with Gasteiger partial charge in [-0.2, -0.15) is 0 Å². The van der Waals surface area contributed by atoms with E-state index in [1.54, 1.807) is 0 Å². The SMILES string of the molecule is Cc1cccc(CNC(=O)C2CCN(CCc3cn(C)c4ncccc34)CC2)c1. The molecule has 1 aliphatic heterocycles. The first-order chi connectivity index (χ1) is 14.1. The van der Waals surface area contributed by atoms with Crippen molar-refractivity contribution in [2.45, 2.75) is 32.7 Å². The van der Waals surface area contributed by atoms with Crippen molar-refractivity contribution in [1.82, 2.24) is 19.8 Å². The number of aryl methyl sites for hydroxylation is 2. The summed E-state index contributed by atoms with van der Waals surface area (Å²) in [6.07, 6.45) is 6.95. The summed E-state index contributed by atoms with van der Waals surface area (Å²) >= 11 is 0. The molecule has 0 radical (unpaired) electrons. The lowest BCUT2D eigenvalue weighted by Crippen LogP contribution is -2.41. The third-order valence-electron chi connectivity index (χ3n) is 6.02. The quantitative estimate of drug-likeness (QED) is 0.701.